The van der Waals surface area contributed by atoms with Crippen LogP contribution in [0.3, 0.4) is 0 Å². The molecule has 7 heteroatoms. The smallest absolute Gasteiger partial charge is 0.116 e. The highest BCUT2D eigenvalue weighted by atomic mass is 15.3. The van der Waals surface area contributed by atoms with Crippen LogP contribution in [0.15, 0.2) is 66.6 Å². The summed E-state index contributed by atoms with van der Waals surface area (Å²) in [5.41, 5.74) is 7.12. The minimum atomic E-state index is 0.817. The Hall–Kier alpha value is -3.68. The third kappa shape index (κ3) is 5.84. The normalized spacial score (nSPS) is 16.9. The summed E-state index contributed by atoms with van der Waals surface area (Å²) < 4.78 is 0. The fourth-order valence-electron chi connectivity index (χ4n) is 4.75. The third-order valence-corrected chi connectivity index (χ3v) is 6.85. The highest BCUT2D eigenvalue weighted by Gasteiger charge is 2.19. The van der Waals surface area contributed by atoms with Gasteiger partial charge in [0.25, 0.3) is 0 Å². The van der Waals surface area contributed by atoms with Gasteiger partial charge in [0.05, 0.1) is 34.6 Å². The first-order valence-corrected chi connectivity index (χ1v) is 12.8. The van der Waals surface area contributed by atoms with E-state index in [1.54, 1.807) is 0 Å². The maximum absolute atomic E-state index is 4.70. The van der Waals surface area contributed by atoms with Crippen molar-refractivity contribution in [2.24, 2.45) is 0 Å². The van der Waals surface area contributed by atoms with Gasteiger partial charge in [-0.05, 0) is 63.9 Å². The van der Waals surface area contributed by atoms with Crippen LogP contribution in [0.2, 0.25) is 0 Å². The summed E-state index contributed by atoms with van der Waals surface area (Å²) in [6, 6.07) is 2.20. The fraction of sp³-hybridized carbons (Fsp3) is 0.333. The van der Waals surface area contributed by atoms with E-state index < -0.39 is 0 Å². The number of allylic oxidation sites excluding steroid dienone is 4. The predicted octanol–water partition coefficient (Wildman–Crippen LogP) is 3.46. The van der Waals surface area contributed by atoms with Crippen LogP contribution in [0, 0.1) is 0 Å². The lowest BCUT2D eigenvalue weighted by molar-refractivity contribution is 0.313. The second-order valence-corrected chi connectivity index (χ2v) is 9.86. The predicted molar refractivity (Wildman–Crippen MR) is 157 cm³/mol. The van der Waals surface area contributed by atoms with E-state index in [1.165, 1.54) is 11.1 Å². The van der Waals surface area contributed by atoms with Crippen molar-refractivity contribution in [3.63, 3.8) is 0 Å². The summed E-state index contributed by atoms with van der Waals surface area (Å²) in [5, 5.41) is 11.0. The van der Waals surface area contributed by atoms with E-state index in [0.717, 1.165) is 76.9 Å². The zero-order valence-corrected chi connectivity index (χ0v) is 22.8. The Labute approximate surface area is 219 Å². The molecule has 1 saturated heterocycles. The van der Waals surface area contributed by atoms with Gasteiger partial charge >= 0.3 is 0 Å². The second-order valence-electron chi connectivity index (χ2n) is 9.86. The number of anilines is 1. The molecule has 0 bridgehead atoms. The lowest BCUT2D eigenvalue weighted by Crippen LogP contribution is -2.44. The maximum Gasteiger partial charge on any atom is 0.116 e. The molecule has 4 heterocycles. The van der Waals surface area contributed by atoms with E-state index in [9.17, 15) is 0 Å². The summed E-state index contributed by atoms with van der Waals surface area (Å²) in [6.07, 6.45) is 14.2. The molecule has 194 valence electrons. The van der Waals surface area contributed by atoms with Crippen molar-refractivity contribution in [2.45, 2.75) is 13.8 Å². The summed E-state index contributed by atoms with van der Waals surface area (Å²) in [6.45, 7) is 17.3. The van der Waals surface area contributed by atoms with Crippen molar-refractivity contribution >= 4 is 28.7 Å². The van der Waals surface area contributed by atoms with E-state index in [4.69, 9.17) is 5.10 Å². The van der Waals surface area contributed by atoms with Gasteiger partial charge < -0.3 is 19.7 Å². The Bertz CT molecular complexity index is 1460. The zero-order valence-electron chi connectivity index (χ0n) is 22.8. The van der Waals surface area contributed by atoms with Crippen LogP contribution >= 0.6 is 0 Å². The number of hydrogen-bond acceptors (Lipinski definition) is 5. The number of nitrogens with zero attached hydrogens (tertiary/aromatic N) is 5. The van der Waals surface area contributed by atoms with Gasteiger partial charge in [0.15, 0.2) is 0 Å². The number of pyridine rings is 1. The first kappa shape index (κ1) is 26.4. The Morgan fingerprint density at radius 2 is 1.92 bits per heavy atom. The highest BCUT2D eigenvalue weighted by Crippen LogP contribution is 2.29. The Kier molecular flexibility index (Phi) is 8.26. The Morgan fingerprint density at radius 3 is 2.57 bits per heavy atom. The van der Waals surface area contributed by atoms with Crippen molar-refractivity contribution in [3.05, 3.63) is 77.1 Å². The molecule has 0 atom stereocenters. The van der Waals surface area contributed by atoms with E-state index >= 15 is 0 Å². The van der Waals surface area contributed by atoms with Gasteiger partial charge in [-0.1, -0.05) is 37.5 Å². The fourth-order valence-corrected chi connectivity index (χ4v) is 4.75. The highest BCUT2D eigenvalue weighted by molar-refractivity contribution is 5.95. The summed E-state index contributed by atoms with van der Waals surface area (Å²) in [4.78, 5) is 15.0. The first-order valence-electron chi connectivity index (χ1n) is 12.8. The lowest BCUT2D eigenvalue weighted by Gasteiger charge is -2.34. The molecule has 0 saturated carbocycles. The average molecular weight is 498 g/mol. The molecule has 2 N–H and O–H groups in total. The van der Waals surface area contributed by atoms with E-state index in [1.807, 2.05) is 38.4 Å². The molecule has 3 aromatic rings. The molecular weight excluding hydrogens is 458 g/mol. The van der Waals surface area contributed by atoms with Crippen molar-refractivity contribution < 1.29 is 0 Å². The number of H-pyrrole nitrogens is 2. The van der Waals surface area contributed by atoms with E-state index in [0.29, 0.717) is 0 Å². The zero-order chi connectivity index (χ0) is 26.5. The van der Waals surface area contributed by atoms with Crippen LogP contribution in [0.25, 0.3) is 34.4 Å². The van der Waals surface area contributed by atoms with E-state index in [2.05, 4.69) is 88.4 Å². The van der Waals surface area contributed by atoms with Crippen molar-refractivity contribution in [1.82, 2.24) is 30.0 Å². The number of hydrogen-bond donors (Lipinski definition) is 2. The topological polar surface area (TPSA) is 67.1 Å². The largest absolute Gasteiger partial charge is 0.367 e. The summed E-state index contributed by atoms with van der Waals surface area (Å²) in [5.74, 6) is 0. The average Bonchev–Trinajstić information content (AvgIpc) is 3.50. The molecule has 0 radical (unpaired) electrons. The molecule has 0 aliphatic carbocycles. The first-order chi connectivity index (χ1) is 17.8. The monoisotopic (exact) mass is 497 g/mol. The quantitative estimate of drug-likeness (QED) is 0.467. The lowest BCUT2D eigenvalue weighted by atomic mass is 10.0. The number of fused-ring (bicyclic) bond motifs is 1. The van der Waals surface area contributed by atoms with Gasteiger partial charge in [0.2, 0.25) is 0 Å². The number of likely N-dealkylation sites (N-methyl/N-ethyl adjacent to an activating group) is 2. The minimum absolute atomic E-state index is 0.817. The van der Waals surface area contributed by atoms with Gasteiger partial charge in [-0.15, -0.1) is 0 Å². The molecule has 37 heavy (non-hydrogen) atoms. The van der Waals surface area contributed by atoms with Crippen molar-refractivity contribution in [1.29, 1.82) is 0 Å². The molecule has 0 spiro atoms. The van der Waals surface area contributed by atoms with Crippen molar-refractivity contribution in [2.75, 3.05) is 58.8 Å². The molecule has 1 aliphatic rings. The van der Waals surface area contributed by atoms with E-state index in [-0.39, 0.29) is 0 Å². The summed E-state index contributed by atoms with van der Waals surface area (Å²) >= 11 is 0. The third-order valence-electron chi connectivity index (χ3n) is 6.85. The van der Waals surface area contributed by atoms with Gasteiger partial charge in [-0.3, -0.25) is 10.1 Å². The van der Waals surface area contributed by atoms with Gasteiger partial charge in [0.1, 0.15) is 5.69 Å². The maximum atomic E-state index is 4.70. The van der Waals surface area contributed by atoms with Crippen LogP contribution in [0.1, 0.15) is 13.8 Å². The van der Waals surface area contributed by atoms with Crippen LogP contribution < -0.4 is 15.5 Å². The summed E-state index contributed by atoms with van der Waals surface area (Å²) in [7, 11) is 6.28. The number of aromatic amines is 2. The molecular formula is C30H39N7. The number of piperazine rings is 1. The van der Waals surface area contributed by atoms with Gasteiger partial charge in [-0.25, -0.2) is 0 Å². The van der Waals surface area contributed by atoms with Crippen LogP contribution in [0.5, 0.6) is 0 Å². The standard InChI is InChI=1S/C30H39N7/c1-8-22(20-35(5)6)16-23(9-2)21(4)15-25-26(10-3)33-34-30(25)27-17-24-28(32-27)18-31-19-29(24)37-13-11-36(7)12-14-37/h8-10,15-19,32-33H,1,4,11-14,20H2,2-3,5-7H3/b22-16+,23-9+,25-15+,26-10+. The Balaban J connectivity index is 1.75. The Morgan fingerprint density at radius 1 is 1.16 bits per heavy atom. The SMILES string of the molecule is C=C/C(=C\C(=C/C)C(=C)/C=c1/c(-c2cc3c(N4CCN(C)CC4)cncc3[nH]2)n[nH]/c1=C/C)CN(C)C. The second kappa shape index (κ2) is 11.6. The van der Waals surface area contributed by atoms with Gasteiger partial charge in [-0.2, -0.15) is 5.10 Å². The van der Waals surface area contributed by atoms with Crippen molar-refractivity contribution in [3.8, 4) is 11.4 Å². The molecule has 0 aromatic carbocycles. The van der Waals surface area contributed by atoms with Crippen LogP contribution in [0.4, 0.5) is 5.69 Å². The molecule has 3 aromatic heterocycles. The molecule has 0 amide bonds. The number of aromatic nitrogens is 4. The molecule has 4 rings (SSSR count). The van der Waals surface area contributed by atoms with Crippen LogP contribution in [-0.4, -0.2) is 83.8 Å². The molecule has 1 fully saturated rings. The number of nitrogens with one attached hydrogen (secondary N) is 2. The molecule has 0 unspecified atom stereocenters. The number of rotatable bonds is 8. The van der Waals surface area contributed by atoms with Crippen LogP contribution in [-0.2, 0) is 0 Å². The van der Waals surface area contributed by atoms with Gasteiger partial charge in [0, 0.05) is 43.3 Å². The minimum Gasteiger partial charge on any atom is -0.367 e. The molecule has 1 aliphatic heterocycles. The molecule has 7 nitrogen and oxygen atoms in total.